The number of Topliss-reactive ketones (excluding diaryl/α,β-unsaturated/α-hetero) is 1. The van der Waals surface area contributed by atoms with Gasteiger partial charge in [-0.05, 0) is 42.0 Å². The van der Waals surface area contributed by atoms with Gasteiger partial charge in [-0.15, -0.1) is 10.2 Å². The Morgan fingerprint density at radius 2 is 1.69 bits per heavy atom. The molecule has 32 heavy (non-hydrogen) atoms. The maximum absolute atomic E-state index is 12.6. The molecule has 2 heterocycles. The van der Waals surface area contributed by atoms with Crippen LogP contribution in [-0.2, 0) is 6.54 Å². The summed E-state index contributed by atoms with van der Waals surface area (Å²) in [6.07, 6.45) is 3.38. The van der Waals surface area contributed by atoms with Crippen LogP contribution in [0.15, 0.2) is 84.3 Å². The monoisotopic (exact) mass is 452 g/mol. The smallest absolute Gasteiger partial charge is 0.387 e. The zero-order valence-corrected chi connectivity index (χ0v) is 17.6. The van der Waals surface area contributed by atoms with Crippen molar-refractivity contribution in [2.45, 2.75) is 18.3 Å². The van der Waals surface area contributed by atoms with Crippen molar-refractivity contribution in [1.29, 1.82) is 0 Å². The molecule has 0 spiro atoms. The molecule has 4 aromatic rings. The largest absolute Gasteiger partial charge is 0.435 e. The Hall–Kier alpha value is -3.59. The second-order valence-electron chi connectivity index (χ2n) is 6.73. The minimum absolute atomic E-state index is 0.00815. The predicted octanol–water partition coefficient (Wildman–Crippen LogP) is 4.96. The van der Waals surface area contributed by atoms with Crippen LogP contribution in [0.2, 0.25) is 0 Å². The summed E-state index contributed by atoms with van der Waals surface area (Å²) in [6, 6.07) is 19.3. The second-order valence-corrected chi connectivity index (χ2v) is 7.67. The Kier molecular flexibility index (Phi) is 6.86. The van der Waals surface area contributed by atoms with Gasteiger partial charge in [0.25, 0.3) is 0 Å². The van der Waals surface area contributed by atoms with E-state index in [1.807, 2.05) is 47.0 Å². The van der Waals surface area contributed by atoms with Gasteiger partial charge in [0, 0.05) is 23.5 Å². The number of aromatic nitrogens is 4. The van der Waals surface area contributed by atoms with Crippen LogP contribution in [0.1, 0.15) is 15.9 Å². The first-order valence-electron chi connectivity index (χ1n) is 9.68. The predicted molar refractivity (Wildman–Crippen MR) is 117 cm³/mol. The van der Waals surface area contributed by atoms with Crippen LogP contribution in [0.4, 0.5) is 8.78 Å². The molecule has 9 heteroatoms. The average molecular weight is 452 g/mol. The molecule has 0 fully saturated rings. The fraction of sp³-hybridized carbons (Fsp3) is 0.130. The fourth-order valence-electron chi connectivity index (χ4n) is 3.05. The number of halogens is 2. The van der Waals surface area contributed by atoms with E-state index in [1.54, 1.807) is 12.4 Å². The van der Waals surface area contributed by atoms with Crippen LogP contribution in [0.5, 0.6) is 5.75 Å². The first-order valence-corrected chi connectivity index (χ1v) is 10.7. The number of ether oxygens (including phenoxy) is 1. The summed E-state index contributed by atoms with van der Waals surface area (Å²) >= 11 is 1.27. The summed E-state index contributed by atoms with van der Waals surface area (Å²) in [5.41, 5.74) is 2.35. The molecule has 0 atom stereocenters. The minimum Gasteiger partial charge on any atom is -0.435 e. The van der Waals surface area contributed by atoms with E-state index in [0.717, 1.165) is 11.1 Å². The molecule has 0 N–H and O–H groups in total. The highest BCUT2D eigenvalue weighted by molar-refractivity contribution is 7.99. The van der Waals surface area contributed by atoms with Crippen molar-refractivity contribution in [2.24, 2.45) is 0 Å². The van der Waals surface area contributed by atoms with Gasteiger partial charge in [-0.1, -0.05) is 42.1 Å². The maximum Gasteiger partial charge on any atom is 0.387 e. The average Bonchev–Trinajstić information content (AvgIpc) is 3.21. The number of benzene rings is 2. The topological polar surface area (TPSA) is 69.9 Å². The van der Waals surface area contributed by atoms with Crippen molar-refractivity contribution in [3.8, 4) is 17.1 Å². The molecule has 0 bridgehead atoms. The summed E-state index contributed by atoms with van der Waals surface area (Å²) in [7, 11) is 0. The number of alkyl halides is 2. The Bertz CT molecular complexity index is 1170. The Labute approximate surface area is 187 Å². The van der Waals surface area contributed by atoms with Crippen molar-refractivity contribution in [3.05, 3.63) is 90.3 Å². The summed E-state index contributed by atoms with van der Waals surface area (Å²) in [5, 5.41) is 9.24. The highest BCUT2D eigenvalue weighted by Gasteiger charge is 2.17. The molecule has 0 saturated heterocycles. The van der Waals surface area contributed by atoms with Gasteiger partial charge in [0.05, 0.1) is 12.3 Å². The normalized spacial score (nSPS) is 11.0. The number of thioether (sulfide) groups is 1. The van der Waals surface area contributed by atoms with Crippen LogP contribution >= 0.6 is 11.8 Å². The molecule has 0 saturated carbocycles. The number of rotatable bonds is 9. The summed E-state index contributed by atoms with van der Waals surface area (Å²) in [6.45, 7) is -2.36. The molecule has 2 aromatic carbocycles. The zero-order valence-electron chi connectivity index (χ0n) is 16.8. The Morgan fingerprint density at radius 3 is 2.38 bits per heavy atom. The third kappa shape index (κ3) is 5.36. The van der Waals surface area contributed by atoms with E-state index in [1.165, 1.54) is 36.0 Å². The van der Waals surface area contributed by atoms with Gasteiger partial charge in [-0.3, -0.25) is 14.3 Å². The lowest BCUT2D eigenvalue weighted by Crippen LogP contribution is -2.07. The number of pyridine rings is 1. The van der Waals surface area contributed by atoms with E-state index in [2.05, 4.69) is 19.9 Å². The van der Waals surface area contributed by atoms with Crippen LogP contribution in [-0.4, -0.2) is 37.9 Å². The molecule has 2 aromatic heterocycles. The number of hydrogen-bond donors (Lipinski definition) is 0. The molecule has 0 aliphatic heterocycles. The van der Waals surface area contributed by atoms with Crippen LogP contribution in [0, 0.1) is 0 Å². The van der Waals surface area contributed by atoms with Gasteiger partial charge in [0.1, 0.15) is 5.75 Å². The van der Waals surface area contributed by atoms with E-state index in [-0.39, 0.29) is 17.3 Å². The van der Waals surface area contributed by atoms with Gasteiger partial charge < -0.3 is 4.74 Å². The number of carbonyl (C=O) groups is 1. The lowest BCUT2D eigenvalue weighted by atomic mass is 10.1. The molecule has 0 aliphatic carbocycles. The van der Waals surface area contributed by atoms with E-state index in [9.17, 15) is 13.6 Å². The van der Waals surface area contributed by atoms with Gasteiger partial charge >= 0.3 is 6.61 Å². The lowest BCUT2D eigenvalue weighted by molar-refractivity contribution is -0.0498. The molecule has 0 unspecified atom stereocenters. The Morgan fingerprint density at radius 1 is 0.969 bits per heavy atom. The van der Waals surface area contributed by atoms with E-state index >= 15 is 0 Å². The van der Waals surface area contributed by atoms with Crippen molar-refractivity contribution in [3.63, 3.8) is 0 Å². The quantitative estimate of drug-likeness (QED) is 0.264. The summed E-state index contributed by atoms with van der Waals surface area (Å²) in [5.74, 6) is 0.657. The number of ketones is 1. The van der Waals surface area contributed by atoms with E-state index in [4.69, 9.17) is 0 Å². The molecule has 0 amide bonds. The van der Waals surface area contributed by atoms with E-state index in [0.29, 0.717) is 23.1 Å². The van der Waals surface area contributed by atoms with Crippen molar-refractivity contribution >= 4 is 17.5 Å². The lowest BCUT2D eigenvalue weighted by Gasteiger charge is -2.10. The summed E-state index contributed by atoms with van der Waals surface area (Å²) in [4.78, 5) is 16.7. The SMILES string of the molecule is O=C(CSc1nnc(-c2ccncc2)n1Cc1ccccc1)c1ccc(OC(F)F)cc1. The fourth-order valence-corrected chi connectivity index (χ4v) is 3.89. The molecule has 0 radical (unpaired) electrons. The molecule has 0 aliphatic rings. The third-order valence-electron chi connectivity index (χ3n) is 4.57. The number of hydrogen-bond acceptors (Lipinski definition) is 6. The minimum atomic E-state index is -2.90. The molecular formula is C23H18F2N4O2S. The second kappa shape index (κ2) is 10.1. The molecule has 4 rings (SSSR count). The van der Waals surface area contributed by atoms with Crippen molar-refractivity contribution in [2.75, 3.05) is 5.75 Å². The first kappa shape index (κ1) is 21.6. The highest BCUT2D eigenvalue weighted by Crippen LogP contribution is 2.26. The van der Waals surface area contributed by atoms with E-state index < -0.39 is 6.61 Å². The van der Waals surface area contributed by atoms with Gasteiger partial charge in [0.15, 0.2) is 16.8 Å². The summed E-state index contributed by atoms with van der Waals surface area (Å²) < 4.78 is 30.9. The number of nitrogens with zero attached hydrogens (tertiary/aromatic N) is 4. The highest BCUT2D eigenvalue weighted by atomic mass is 32.2. The molecular weight excluding hydrogens is 434 g/mol. The van der Waals surface area contributed by atoms with Crippen LogP contribution in [0.3, 0.4) is 0 Å². The maximum atomic E-state index is 12.6. The van der Waals surface area contributed by atoms with Crippen molar-refractivity contribution in [1.82, 2.24) is 19.7 Å². The molecule has 162 valence electrons. The van der Waals surface area contributed by atoms with Crippen molar-refractivity contribution < 1.29 is 18.3 Å². The Balaban J connectivity index is 1.53. The first-order chi connectivity index (χ1) is 15.6. The van der Waals surface area contributed by atoms with Crippen LogP contribution in [0.25, 0.3) is 11.4 Å². The van der Waals surface area contributed by atoms with Gasteiger partial charge in [0.2, 0.25) is 0 Å². The molecule has 6 nitrogen and oxygen atoms in total. The standard InChI is InChI=1S/C23H18F2N4O2S/c24-22(25)31-19-8-6-17(7-9-19)20(30)15-32-23-28-27-21(18-10-12-26-13-11-18)29(23)14-16-4-2-1-3-5-16/h1-13,22H,14-15H2. The zero-order chi connectivity index (χ0) is 22.3. The third-order valence-corrected chi connectivity index (χ3v) is 5.54. The van der Waals surface area contributed by atoms with Crippen LogP contribution < -0.4 is 4.74 Å². The number of carbonyl (C=O) groups excluding carboxylic acids is 1. The van der Waals surface area contributed by atoms with Gasteiger partial charge in [-0.25, -0.2) is 0 Å². The van der Waals surface area contributed by atoms with Gasteiger partial charge in [-0.2, -0.15) is 8.78 Å².